The summed E-state index contributed by atoms with van der Waals surface area (Å²) < 4.78 is 17.4. The minimum Gasteiger partial charge on any atom is -0.286 e. The Morgan fingerprint density at radius 3 is 2.81 bits per heavy atom. The first-order valence-electron chi connectivity index (χ1n) is 8.22. The van der Waals surface area contributed by atoms with Gasteiger partial charge in [0.1, 0.15) is 5.82 Å². The van der Waals surface area contributed by atoms with Crippen LogP contribution in [0.4, 0.5) is 10.2 Å². The Morgan fingerprint density at radius 2 is 2.15 bits per heavy atom. The summed E-state index contributed by atoms with van der Waals surface area (Å²) in [7, 11) is 1.62. The van der Waals surface area contributed by atoms with Crippen molar-refractivity contribution in [2.24, 2.45) is 12.0 Å². The van der Waals surface area contributed by atoms with Crippen molar-refractivity contribution in [2.45, 2.75) is 13.5 Å². The van der Waals surface area contributed by atoms with E-state index in [2.05, 4.69) is 16.7 Å². The minimum atomic E-state index is -0.502. The Kier molecular flexibility index (Phi) is 5.37. The van der Waals surface area contributed by atoms with Crippen LogP contribution in [0.5, 0.6) is 0 Å². The maximum absolute atomic E-state index is 14.4. The minimum absolute atomic E-state index is 0.0446. The van der Waals surface area contributed by atoms with E-state index in [0.29, 0.717) is 29.2 Å². The summed E-state index contributed by atoms with van der Waals surface area (Å²) in [5.74, 6) is -0.0937. The number of rotatable bonds is 5. The third kappa shape index (κ3) is 3.61. The Labute approximate surface area is 161 Å². The molecule has 3 aromatic rings. The van der Waals surface area contributed by atoms with Crippen LogP contribution in [0.2, 0.25) is 5.02 Å². The zero-order valence-corrected chi connectivity index (χ0v) is 15.7. The van der Waals surface area contributed by atoms with Gasteiger partial charge in [0.2, 0.25) is 0 Å². The van der Waals surface area contributed by atoms with E-state index in [-0.39, 0.29) is 10.7 Å². The van der Waals surface area contributed by atoms with Crippen LogP contribution in [0.25, 0.3) is 11.6 Å². The number of pyridine rings is 1. The lowest BCUT2D eigenvalue weighted by Gasteiger charge is -2.08. The number of imidazole rings is 1. The topological polar surface area (TPSA) is 52.2 Å². The van der Waals surface area contributed by atoms with Gasteiger partial charge in [0.25, 0.3) is 0 Å². The molecule has 0 saturated heterocycles. The van der Waals surface area contributed by atoms with Gasteiger partial charge in [0.15, 0.2) is 5.82 Å². The second-order valence-corrected chi connectivity index (χ2v) is 6.49. The largest absolute Gasteiger partial charge is 0.330 e. The summed E-state index contributed by atoms with van der Waals surface area (Å²) in [6.45, 7) is 5.64. The highest BCUT2D eigenvalue weighted by Gasteiger charge is 2.17. The Bertz CT molecular complexity index is 1080. The van der Waals surface area contributed by atoms with Crippen LogP contribution in [0, 0.1) is 5.82 Å². The molecule has 0 N–H and O–H groups in total. The average molecular weight is 385 g/mol. The molecule has 3 rings (SSSR count). The fourth-order valence-corrected chi connectivity index (χ4v) is 3.09. The quantitative estimate of drug-likeness (QED) is 0.615. The summed E-state index contributed by atoms with van der Waals surface area (Å²) in [5, 5.41) is 0.0446. The molecule has 2 heterocycles. The van der Waals surface area contributed by atoms with Crippen molar-refractivity contribution < 1.29 is 4.39 Å². The van der Waals surface area contributed by atoms with Gasteiger partial charge in [-0.2, -0.15) is 0 Å². The lowest BCUT2D eigenvalue weighted by Crippen LogP contribution is -2.23. The number of benzene rings is 1. The van der Waals surface area contributed by atoms with Gasteiger partial charge in [0, 0.05) is 25.0 Å². The molecule has 0 aliphatic carbocycles. The van der Waals surface area contributed by atoms with Crippen molar-refractivity contribution in [3.05, 3.63) is 80.9 Å². The molecule has 0 aliphatic rings. The summed E-state index contributed by atoms with van der Waals surface area (Å²) in [6, 6.07) is 8.49. The molecule has 0 unspecified atom stereocenters. The van der Waals surface area contributed by atoms with Gasteiger partial charge in [0.05, 0.1) is 17.3 Å². The van der Waals surface area contributed by atoms with Crippen molar-refractivity contribution in [1.82, 2.24) is 14.1 Å². The van der Waals surface area contributed by atoms with Gasteiger partial charge in [-0.3, -0.25) is 14.1 Å². The number of halogens is 2. The number of aliphatic imine (C=N–C) groups is 1. The van der Waals surface area contributed by atoms with Crippen LogP contribution in [0.1, 0.15) is 23.7 Å². The SMILES string of the molecule is C=Nc1c(/C=C(\C)c2cccc(Cl)c2F)n(Cc2cccnc2)c(=O)n1C. The van der Waals surface area contributed by atoms with E-state index in [1.165, 1.54) is 10.6 Å². The molecule has 0 aliphatic heterocycles. The number of hydrogen-bond donors (Lipinski definition) is 0. The number of nitrogens with zero attached hydrogens (tertiary/aromatic N) is 4. The van der Waals surface area contributed by atoms with Crippen LogP contribution >= 0.6 is 11.6 Å². The van der Waals surface area contributed by atoms with E-state index < -0.39 is 5.82 Å². The first-order chi connectivity index (χ1) is 12.9. The van der Waals surface area contributed by atoms with E-state index in [4.69, 9.17) is 11.6 Å². The van der Waals surface area contributed by atoms with Crippen molar-refractivity contribution in [2.75, 3.05) is 0 Å². The number of aromatic nitrogens is 3. The summed E-state index contributed by atoms with van der Waals surface area (Å²) in [5.41, 5.74) is 2.14. The fourth-order valence-electron chi connectivity index (χ4n) is 2.91. The molecule has 0 spiro atoms. The van der Waals surface area contributed by atoms with Crippen molar-refractivity contribution >= 4 is 35.8 Å². The van der Waals surface area contributed by atoms with E-state index >= 15 is 0 Å². The zero-order valence-electron chi connectivity index (χ0n) is 15.0. The molecule has 0 bridgehead atoms. The highest BCUT2D eigenvalue weighted by molar-refractivity contribution is 6.30. The number of hydrogen-bond acceptors (Lipinski definition) is 3. The predicted molar refractivity (Wildman–Crippen MR) is 107 cm³/mol. The maximum atomic E-state index is 14.4. The highest BCUT2D eigenvalue weighted by atomic mass is 35.5. The van der Waals surface area contributed by atoms with Crippen molar-refractivity contribution in [1.29, 1.82) is 0 Å². The molecule has 7 heteroatoms. The molecule has 5 nitrogen and oxygen atoms in total. The Balaban J connectivity index is 2.16. The summed E-state index contributed by atoms with van der Waals surface area (Å²) in [4.78, 5) is 20.8. The van der Waals surface area contributed by atoms with Gasteiger partial charge in [-0.1, -0.05) is 29.8 Å². The molecular formula is C20H18ClFN4O. The van der Waals surface area contributed by atoms with Gasteiger partial charge >= 0.3 is 5.69 Å². The third-order valence-electron chi connectivity index (χ3n) is 4.30. The Hall–Kier alpha value is -2.99. The summed E-state index contributed by atoms with van der Waals surface area (Å²) >= 11 is 5.89. The fraction of sp³-hybridized carbons (Fsp3) is 0.150. The molecule has 2 aromatic heterocycles. The van der Waals surface area contributed by atoms with E-state index in [0.717, 1.165) is 5.56 Å². The summed E-state index contributed by atoms with van der Waals surface area (Å²) in [6.07, 6.45) is 5.08. The van der Waals surface area contributed by atoms with Gasteiger partial charge in [-0.05, 0) is 43.0 Å². The molecule has 0 saturated carbocycles. The van der Waals surface area contributed by atoms with Crippen LogP contribution in [-0.2, 0) is 13.6 Å². The predicted octanol–water partition coefficient (Wildman–Crippen LogP) is 4.32. The first kappa shape index (κ1) is 18.8. The first-order valence-corrected chi connectivity index (χ1v) is 8.59. The molecule has 138 valence electrons. The standard InChI is InChI=1S/C20H18ClFN4O/c1-13(15-7-4-8-16(21)18(15)22)10-17-19(23-2)25(3)20(27)26(17)12-14-6-5-9-24-11-14/h4-11H,2,12H2,1,3H3/b13-10+. The molecule has 0 fully saturated rings. The normalized spacial score (nSPS) is 11.6. The van der Waals surface area contributed by atoms with Gasteiger partial charge < -0.3 is 0 Å². The lowest BCUT2D eigenvalue weighted by atomic mass is 10.1. The molecule has 0 atom stereocenters. The third-order valence-corrected chi connectivity index (χ3v) is 4.59. The molecule has 0 radical (unpaired) electrons. The molecule has 0 amide bonds. The molecule has 27 heavy (non-hydrogen) atoms. The number of allylic oxidation sites excluding steroid dienone is 1. The second-order valence-electron chi connectivity index (χ2n) is 6.08. The highest BCUT2D eigenvalue weighted by Crippen LogP contribution is 2.28. The monoisotopic (exact) mass is 384 g/mol. The van der Waals surface area contributed by atoms with Crippen molar-refractivity contribution in [3.8, 4) is 0 Å². The maximum Gasteiger partial charge on any atom is 0.330 e. The van der Waals surface area contributed by atoms with Crippen LogP contribution in [0.3, 0.4) is 0 Å². The van der Waals surface area contributed by atoms with Gasteiger partial charge in [-0.25, -0.2) is 14.2 Å². The van der Waals surface area contributed by atoms with Gasteiger partial charge in [-0.15, -0.1) is 0 Å². The lowest BCUT2D eigenvalue weighted by molar-refractivity contribution is 0.624. The smallest absolute Gasteiger partial charge is 0.286 e. The van der Waals surface area contributed by atoms with Crippen LogP contribution < -0.4 is 5.69 Å². The van der Waals surface area contributed by atoms with E-state index in [1.807, 2.05) is 6.07 Å². The van der Waals surface area contributed by atoms with Crippen LogP contribution in [0.15, 0.2) is 52.5 Å². The van der Waals surface area contributed by atoms with E-state index in [9.17, 15) is 9.18 Å². The molecular weight excluding hydrogens is 367 g/mol. The van der Waals surface area contributed by atoms with Crippen molar-refractivity contribution in [3.63, 3.8) is 0 Å². The second kappa shape index (κ2) is 7.72. The zero-order chi connectivity index (χ0) is 19.6. The molecule has 1 aromatic carbocycles. The van der Waals surface area contributed by atoms with E-state index in [1.54, 1.807) is 55.2 Å². The van der Waals surface area contributed by atoms with Crippen LogP contribution in [-0.4, -0.2) is 20.8 Å². The average Bonchev–Trinajstić information content (AvgIpc) is 2.88. The Morgan fingerprint density at radius 1 is 1.37 bits per heavy atom.